The summed E-state index contributed by atoms with van der Waals surface area (Å²) in [6.45, 7) is 3.89. The van der Waals surface area contributed by atoms with Gasteiger partial charge in [-0.25, -0.2) is 4.79 Å². The molecule has 1 amide bonds. The predicted octanol–water partition coefficient (Wildman–Crippen LogP) is 3.59. The molecule has 2 aromatic rings. The third-order valence-electron chi connectivity index (χ3n) is 5.92. The Kier molecular flexibility index (Phi) is 6.12. The first-order valence-corrected chi connectivity index (χ1v) is 9.92. The molecule has 0 unspecified atom stereocenters. The summed E-state index contributed by atoms with van der Waals surface area (Å²) in [6, 6.07) is 7.76. The minimum absolute atomic E-state index is 0.355. The van der Waals surface area contributed by atoms with Gasteiger partial charge in [0.25, 0.3) is 5.91 Å². The molecule has 0 N–H and O–H groups in total. The van der Waals surface area contributed by atoms with Crippen LogP contribution in [0.2, 0.25) is 0 Å². The Morgan fingerprint density at radius 2 is 2.03 bits per heavy atom. The van der Waals surface area contributed by atoms with E-state index >= 15 is 0 Å². The van der Waals surface area contributed by atoms with Crippen LogP contribution in [0.15, 0.2) is 28.9 Å². The molecule has 7 heteroatoms. The maximum atomic E-state index is 12.6. The van der Waals surface area contributed by atoms with Gasteiger partial charge in [-0.3, -0.25) is 4.79 Å². The Morgan fingerprint density at radius 1 is 1.31 bits per heavy atom. The summed E-state index contributed by atoms with van der Waals surface area (Å²) in [4.78, 5) is 26.6. The maximum absolute atomic E-state index is 12.6. The van der Waals surface area contributed by atoms with Crippen LogP contribution in [0.4, 0.5) is 0 Å². The molecular weight excluding hydrogens is 370 g/mol. The van der Waals surface area contributed by atoms with Crippen LogP contribution in [0, 0.1) is 25.2 Å². The predicted molar refractivity (Wildman–Crippen MR) is 106 cm³/mol. The van der Waals surface area contributed by atoms with Gasteiger partial charge in [-0.15, -0.1) is 0 Å². The van der Waals surface area contributed by atoms with E-state index in [1.165, 1.54) is 4.90 Å². The van der Waals surface area contributed by atoms with Crippen LogP contribution >= 0.6 is 0 Å². The van der Waals surface area contributed by atoms with Gasteiger partial charge in [0.15, 0.2) is 6.61 Å². The van der Waals surface area contributed by atoms with Gasteiger partial charge in [0.05, 0.1) is 24.4 Å². The highest BCUT2D eigenvalue weighted by Gasteiger charge is 2.39. The van der Waals surface area contributed by atoms with Crippen LogP contribution in [0.25, 0.3) is 0 Å². The van der Waals surface area contributed by atoms with Gasteiger partial charge in [0, 0.05) is 18.4 Å². The summed E-state index contributed by atoms with van der Waals surface area (Å²) in [5.74, 6) is -0.107. The van der Waals surface area contributed by atoms with Crippen molar-refractivity contribution in [3.05, 3.63) is 47.2 Å². The zero-order valence-corrected chi connectivity index (χ0v) is 17.2. The lowest BCUT2D eigenvalue weighted by Crippen LogP contribution is -2.51. The van der Waals surface area contributed by atoms with Crippen molar-refractivity contribution in [2.75, 3.05) is 13.7 Å². The second-order valence-corrected chi connectivity index (χ2v) is 7.68. The molecule has 1 aliphatic carbocycles. The Bertz CT molecular complexity index is 915. The number of nitriles is 1. The number of hydrogen-bond acceptors (Lipinski definition) is 5. The fraction of sp³-hybridized carbons (Fsp3) is 0.500. The molecule has 0 saturated heterocycles. The number of rotatable bonds is 6. The van der Waals surface area contributed by atoms with Gasteiger partial charge < -0.3 is 18.6 Å². The number of furan rings is 1. The molecule has 29 heavy (non-hydrogen) atoms. The maximum Gasteiger partial charge on any atom is 0.340 e. The number of aryl methyl sites for hydroxylation is 1. The minimum Gasteiger partial charge on any atom is -0.467 e. The van der Waals surface area contributed by atoms with Crippen LogP contribution in [-0.4, -0.2) is 40.5 Å². The molecule has 0 spiro atoms. The van der Waals surface area contributed by atoms with E-state index in [1.54, 1.807) is 19.4 Å². The van der Waals surface area contributed by atoms with Gasteiger partial charge in [-0.1, -0.05) is 19.3 Å². The van der Waals surface area contributed by atoms with E-state index in [9.17, 15) is 14.9 Å². The van der Waals surface area contributed by atoms with Gasteiger partial charge in [0.2, 0.25) is 0 Å². The van der Waals surface area contributed by atoms with Gasteiger partial charge >= 0.3 is 5.97 Å². The molecule has 0 aliphatic heterocycles. The number of carbonyl (C=O) groups excluding carboxylic acids is 2. The fourth-order valence-corrected chi connectivity index (χ4v) is 4.01. The number of nitrogens with zero attached hydrogens (tertiary/aromatic N) is 3. The first kappa shape index (κ1) is 20.7. The molecule has 1 fully saturated rings. The van der Waals surface area contributed by atoms with Crippen LogP contribution in [-0.2, 0) is 16.1 Å². The van der Waals surface area contributed by atoms with Crippen molar-refractivity contribution >= 4 is 11.9 Å². The average molecular weight is 397 g/mol. The quantitative estimate of drug-likeness (QED) is 0.695. The van der Waals surface area contributed by atoms with Crippen molar-refractivity contribution in [3.63, 3.8) is 0 Å². The summed E-state index contributed by atoms with van der Waals surface area (Å²) in [5, 5.41) is 9.63. The second-order valence-electron chi connectivity index (χ2n) is 7.68. The lowest BCUT2D eigenvalue weighted by Gasteiger charge is -2.38. The number of likely N-dealkylation sites (N-methyl/N-ethyl adjacent to an activating group) is 1. The summed E-state index contributed by atoms with van der Waals surface area (Å²) >= 11 is 0. The van der Waals surface area contributed by atoms with E-state index in [-0.39, 0.29) is 12.5 Å². The smallest absolute Gasteiger partial charge is 0.340 e. The highest BCUT2D eigenvalue weighted by atomic mass is 16.5. The summed E-state index contributed by atoms with van der Waals surface area (Å²) < 4.78 is 12.7. The van der Waals surface area contributed by atoms with Crippen LogP contribution in [0.3, 0.4) is 0 Å². The Balaban J connectivity index is 1.65. The van der Waals surface area contributed by atoms with Crippen molar-refractivity contribution in [2.24, 2.45) is 0 Å². The molecule has 2 aromatic heterocycles. The number of esters is 1. The average Bonchev–Trinajstić information content (AvgIpc) is 3.35. The third kappa shape index (κ3) is 4.21. The topological polar surface area (TPSA) is 88.5 Å². The van der Waals surface area contributed by atoms with E-state index in [2.05, 4.69) is 6.07 Å². The first-order chi connectivity index (χ1) is 13.9. The molecule has 3 rings (SSSR count). The zero-order chi connectivity index (χ0) is 21.0. The third-order valence-corrected chi connectivity index (χ3v) is 5.92. The van der Waals surface area contributed by atoms with Crippen molar-refractivity contribution in [3.8, 4) is 6.07 Å². The van der Waals surface area contributed by atoms with Gasteiger partial charge in [0.1, 0.15) is 11.3 Å². The van der Waals surface area contributed by atoms with E-state index in [0.29, 0.717) is 24.9 Å². The first-order valence-electron chi connectivity index (χ1n) is 9.92. The summed E-state index contributed by atoms with van der Waals surface area (Å²) in [7, 11) is 1.62. The highest BCUT2D eigenvalue weighted by molar-refractivity contribution is 5.92. The minimum atomic E-state index is -0.791. The zero-order valence-electron chi connectivity index (χ0n) is 17.2. The van der Waals surface area contributed by atoms with Gasteiger partial charge in [-0.2, -0.15) is 5.26 Å². The molecule has 1 aliphatic rings. The van der Waals surface area contributed by atoms with Crippen molar-refractivity contribution in [2.45, 2.75) is 58.0 Å². The molecule has 7 nitrogen and oxygen atoms in total. The highest BCUT2D eigenvalue weighted by Crippen LogP contribution is 2.32. The number of carbonyl (C=O) groups is 2. The van der Waals surface area contributed by atoms with Gasteiger partial charge in [-0.05, 0) is 44.9 Å². The lowest BCUT2D eigenvalue weighted by atomic mass is 9.81. The Morgan fingerprint density at radius 3 is 2.66 bits per heavy atom. The van der Waals surface area contributed by atoms with Crippen LogP contribution < -0.4 is 0 Å². The molecule has 0 bridgehead atoms. The molecular formula is C22H27N3O4. The number of aromatic nitrogens is 1. The number of ether oxygens (including phenoxy) is 1. The number of hydrogen-bond donors (Lipinski definition) is 0. The Labute approximate surface area is 170 Å². The molecule has 0 radical (unpaired) electrons. The lowest BCUT2D eigenvalue weighted by molar-refractivity contribution is -0.138. The summed E-state index contributed by atoms with van der Waals surface area (Å²) in [5.41, 5.74) is 1.29. The van der Waals surface area contributed by atoms with E-state index in [0.717, 1.165) is 36.4 Å². The van der Waals surface area contributed by atoms with Crippen LogP contribution in [0.5, 0.6) is 0 Å². The molecule has 154 valence electrons. The fourth-order valence-electron chi connectivity index (χ4n) is 4.01. The van der Waals surface area contributed by atoms with Crippen LogP contribution in [0.1, 0.15) is 59.6 Å². The SMILES string of the molecule is Cc1cc(C(=O)OCC(=O)N(C)C2(C#N)CCCCC2)c(C)n1Cc1ccco1. The van der Waals surface area contributed by atoms with Crippen molar-refractivity contribution in [1.82, 2.24) is 9.47 Å². The summed E-state index contributed by atoms with van der Waals surface area (Å²) in [6.07, 6.45) is 5.86. The van der Waals surface area contributed by atoms with Crippen molar-refractivity contribution < 1.29 is 18.7 Å². The van der Waals surface area contributed by atoms with Crippen molar-refractivity contribution in [1.29, 1.82) is 5.26 Å². The molecule has 1 saturated carbocycles. The second kappa shape index (κ2) is 8.56. The normalized spacial score (nSPS) is 15.5. The standard InChI is InChI=1S/C22H27N3O4/c1-16-12-19(17(2)25(16)13-18-8-7-11-28-18)21(27)29-14-20(26)24(3)22(15-23)9-5-4-6-10-22/h7-8,11-12H,4-6,9-10,13-14H2,1-3H3. The molecule has 2 heterocycles. The monoisotopic (exact) mass is 397 g/mol. The van der Waals surface area contributed by atoms with E-state index in [4.69, 9.17) is 9.15 Å². The molecule has 0 atom stereocenters. The van der Waals surface area contributed by atoms with E-state index < -0.39 is 11.5 Å². The Hall–Kier alpha value is -3.01. The van der Waals surface area contributed by atoms with E-state index in [1.807, 2.05) is 30.5 Å². The molecule has 0 aromatic carbocycles. The largest absolute Gasteiger partial charge is 0.467 e. The number of amides is 1.